The van der Waals surface area contributed by atoms with Crippen LogP contribution in [0.15, 0.2) is 59.6 Å². The molecule has 0 fully saturated rings. The van der Waals surface area contributed by atoms with Crippen molar-refractivity contribution < 1.29 is 14.3 Å². The molecule has 8 heteroatoms. The van der Waals surface area contributed by atoms with Crippen LogP contribution in [0.5, 0.6) is 11.5 Å². The highest BCUT2D eigenvalue weighted by atomic mass is 35.5. The van der Waals surface area contributed by atoms with Crippen LogP contribution in [0.4, 0.5) is 5.69 Å². The summed E-state index contributed by atoms with van der Waals surface area (Å²) in [4.78, 5) is 12.0. The smallest absolute Gasteiger partial charge is 0.234 e. The van der Waals surface area contributed by atoms with Gasteiger partial charge in [0, 0.05) is 16.3 Å². The molecule has 0 aliphatic carbocycles. The maximum Gasteiger partial charge on any atom is 0.234 e. The molecule has 1 amide bonds. The molecule has 1 aromatic heterocycles. The summed E-state index contributed by atoms with van der Waals surface area (Å²) in [6.45, 7) is 0.233. The largest absolute Gasteiger partial charge is 0.454 e. The number of thioether (sulfide) groups is 1. The Morgan fingerprint density at radius 3 is 2.78 bits per heavy atom. The Balaban J connectivity index is 1.36. The summed E-state index contributed by atoms with van der Waals surface area (Å²) < 4.78 is 10.7. The first-order chi connectivity index (χ1) is 13.2. The van der Waals surface area contributed by atoms with Crippen LogP contribution in [0.1, 0.15) is 0 Å². The molecule has 6 nitrogen and oxygen atoms in total. The molecule has 0 saturated heterocycles. The molecule has 2 aromatic carbocycles. The first-order valence-corrected chi connectivity index (χ1v) is 9.46. The third-order valence-electron chi connectivity index (χ3n) is 3.77. The van der Waals surface area contributed by atoms with Crippen molar-refractivity contribution in [2.45, 2.75) is 5.03 Å². The second kappa shape index (κ2) is 7.85. The van der Waals surface area contributed by atoms with E-state index in [4.69, 9.17) is 21.1 Å². The van der Waals surface area contributed by atoms with Crippen LogP contribution >= 0.6 is 23.4 Å². The second-order valence-electron chi connectivity index (χ2n) is 5.67. The molecule has 1 aliphatic rings. The minimum Gasteiger partial charge on any atom is -0.454 e. The van der Waals surface area contributed by atoms with E-state index in [1.807, 2.05) is 30.3 Å². The number of carbonyl (C=O) groups is 1. The molecule has 0 radical (unpaired) electrons. The SMILES string of the molecule is O=C(CSc1ccc(-c2ccc3c(c2)OCO3)nn1)Nc1cccc(Cl)c1. The minimum absolute atomic E-state index is 0.135. The van der Waals surface area contributed by atoms with Gasteiger partial charge in [-0.3, -0.25) is 4.79 Å². The summed E-state index contributed by atoms with van der Waals surface area (Å²) in [5.74, 6) is 1.52. The molecule has 0 saturated carbocycles. The average molecular weight is 400 g/mol. The lowest BCUT2D eigenvalue weighted by molar-refractivity contribution is -0.113. The van der Waals surface area contributed by atoms with Crippen molar-refractivity contribution in [3.63, 3.8) is 0 Å². The zero-order valence-electron chi connectivity index (χ0n) is 14.0. The average Bonchev–Trinajstić information content (AvgIpc) is 3.15. The fourth-order valence-corrected chi connectivity index (χ4v) is 3.31. The van der Waals surface area contributed by atoms with Crippen LogP contribution in [0.2, 0.25) is 5.02 Å². The number of carbonyl (C=O) groups excluding carboxylic acids is 1. The molecule has 27 heavy (non-hydrogen) atoms. The van der Waals surface area contributed by atoms with Gasteiger partial charge in [0.1, 0.15) is 5.03 Å². The topological polar surface area (TPSA) is 73.3 Å². The van der Waals surface area contributed by atoms with Crippen LogP contribution in [0.25, 0.3) is 11.3 Å². The van der Waals surface area contributed by atoms with Gasteiger partial charge in [-0.05, 0) is 48.5 Å². The van der Waals surface area contributed by atoms with Crippen molar-refractivity contribution in [3.05, 3.63) is 59.6 Å². The number of halogens is 1. The Hall–Kier alpha value is -2.77. The lowest BCUT2D eigenvalue weighted by Crippen LogP contribution is -2.14. The normalized spacial score (nSPS) is 12.0. The fraction of sp³-hybridized carbons (Fsp3) is 0.105. The summed E-state index contributed by atoms with van der Waals surface area (Å²) in [7, 11) is 0. The Kier molecular flexibility index (Phi) is 5.13. The van der Waals surface area contributed by atoms with E-state index in [-0.39, 0.29) is 18.5 Å². The number of benzene rings is 2. The minimum atomic E-state index is -0.135. The van der Waals surface area contributed by atoms with Crippen molar-refractivity contribution >= 4 is 35.0 Å². The van der Waals surface area contributed by atoms with Gasteiger partial charge >= 0.3 is 0 Å². The van der Waals surface area contributed by atoms with Crippen LogP contribution in [-0.4, -0.2) is 28.7 Å². The number of hydrogen-bond acceptors (Lipinski definition) is 6. The van der Waals surface area contributed by atoms with Gasteiger partial charge in [-0.1, -0.05) is 29.4 Å². The molecule has 4 rings (SSSR count). The Labute approximate surface area is 164 Å². The van der Waals surface area contributed by atoms with Crippen molar-refractivity contribution in [3.8, 4) is 22.8 Å². The number of rotatable bonds is 5. The molecule has 0 spiro atoms. The summed E-state index contributed by atoms with van der Waals surface area (Å²) >= 11 is 7.22. The standard InChI is InChI=1S/C19H14ClN3O3S/c20-13-2-1-3-14(9-13)21-18(24)10-27-19-7-5-15(22-23-19)12-4-6-16-17(8-12)26-11-25-16/h1-9H,10-11H2,(H,21,24). The summed E-state index contributed by atoms with van der Waals surface area (Å²) in [5, 5.41) is 12.5. The zero-order chi connectivity index (χ0) is 18.6. The van der Waals surface area contributed by atoms with Crippen LogP contribution in [-0.2, 0) is 4.79 Å². The van der Waals surface area contributed by atoms with Gasteiger partial charge in [0.15, 0.2) is 11.5 Å². The summed E-state index contributed by atoms with van der Waals surface area (Å²) in [6.07, 6.45) is 0. The monoisotopic (exact) mass is 399 g/mol. The van der Waals surface area contributed by atoms with Gasteiger partial charge in [-0.25, -0.2) is 0 Å². The zero-order valence-corrected chi connectivity index (χ0v) is 15.6. The Bertz CT molecular complexity index is 982. The molecule has 0 bridgehead atoms. The highest BCUT2D eigenvalue weighted by Crippen LogP contribution is 2.35. The maximum absolute atomic E-state index is 12.0. The van der Waals surface area contributed by atoms with Crippen molar-refractivity contribution in [1.82, 2.24) is 10.2 Å². The van der Waals surface area contributed by atoms with Gasteiger partial charge in [0.25, 0.3) is 0 Å². The molecule has 1 aliphatic heterocycles. The third kappa shape index (κ3) is 4.32. The first kappa shape index (κ1) is 17.6. The molecule has 1 N–H and O–H groups in total. The quantitative estimate of drug-likeness (QED) is 0.646. The number of aromatic nitrogens is 2. The highest BCUT2D eigenvalue weighted by Gasteiger charge is 2.14. The summed E-state index contributed by atoms with van der Waals surface area (Å²) in [6, 6.07) is 16.3. The second-order valence-corrected chi connectivity index (χ2v) is 7.10. The van der Waals surface area contributed by atoms with E-state index in [2.05, 4.69) is 15.5 Å². The number of hydrogen-bond donors (Lipinski definition) is 1. The number of fused-ring (bicyclic) bond motifs is 1. The van der Waals surface area contributed by atoms with Gasteiger partial charge < -0.3 is 14.8 Å². The van der Waals surface area contributed by atoms with Gasteiger partial charge in [-0.15, -0.1) is 10.2 Å². The lowest BCUT2D eigenvalue weighted by Gasteiger charge is -2.06. The Morgan fingerprint density at radius 1 is 1.07 bits per heavy atom. The van der Waals surface area contributed by atoms with E-state index in [1.54, 1.807) is 24.3 Å². The number of anilines is 1. The van der Waals surface area contributed by atoms with Gasteiger partial charge in [0.05, 0.1) is 11.4 Å². The van der Waals surface area contributed by atoms with Crippen molar-refractivity contribution in [2.75, 3.05) is 17.9 Å². The predicted molar refractivity (Wildman–Crippen MR) is 104 cm³/mol. The van der Waals surface area contributed by atoms with E-state index in [1.165, 1.54) is 11.8 Å². The van der Waals surface area contributed by atoms with Crippen molar-refractivity contribution in [2.24, 2.45) is 0 Å². The van der Waals surface area contributed by atoms with Crippen LogP contribution in [0, 0.1) is 0 Å². The number of nitrogens with zero attached hydrogens (tertiary/aromatic N) is 2. The lowest BCUT2D eigenvalue weighted by atomic mass is 10.1. The fourth-order valence-electron chi connectivity index (χ4n) is 2.51. The highest BCUT2D eigenvalue weighted by molar-refractivity contribution is 7.99. The van der Waals surface area contributed by atoms with Gasteiger partial charge in [-0.2, -0.15) is 0 Å². The maximum atomic E-state index is 12.0. The third-order valence-corrected chi connectivity index (χ3v) is 4.92. The Morgan fingerprint density at radius 2 is 1.96 bits per heavy atom. The van der Waals surface area contributed by atoms with E-state index in [9.17, 15) is 4.79 Å². The molecule has 136 valence electrons. The molecular weight excluding hydrogens is 386 g/mol. The van der Waals surface area contributed by atoms with E-state index < -0.39 is 0 Å². The van der Waals surface area contributed by atoms with Crippen LogP contribution < -0.4 is 14.8 Å². The van der Waals surface area contributed by atoms with Crippen molar-refractivity contribution in [1.29, 1.82) is 0 Å². The van der Waals surface area contributed by atoms with Gasteiger partial charge in [0.2, 0.25) is 12.7 Å². The molecule has 0 unspecified atom stereocenters. The van der Waals surface area contributed by atoms with E-state index >= 15 is 0 Å². The number of ether oxygens (including phenoxy) is 2. The number of amides is 1. The van der Waals surface area contributed by atoms with Crippen LogP contribution in [0.3, 0.4) is 0 Å². The molecular formula is C19H14ClN3O3S. The summed E-state index contributed by atoms with van der Waals surface area (Å²) in [5.41, 5.74) is 2.28. The van der Waals surface area contributed by atoms with E-state index in [0.29, 0.717) is 21.5 Å². The van der Waals surface area contributed by atoms with E-state index in [0.717, 1.165) is 17.0 Å². The predicted octanol–water partition coefficient (Wildman–Crippen LogP) is 4.26. The molecule has 3 aromatic rings. The molecule has 0 atom stereocenters. The number of nitrogens with one attached hydrogen (secondary N) is 1. The molecule has 2 heterocycles. The first-order valence-electron chi connectivity index (χ1n) is 8.09.